The molecule has 0 aliphatic carbocycles. The predicted molar refractivity (Wildman–Crippen MR) is 71.3 cm³/mol. The van der Waals surface area contributed by atoms with E-state index in [-0.39, 0.29) is 12.4 Å². The normalized spacial score (nSPS) is 9.89. The van der Waals surface area contributed by atoms with Crippen molar-refractivity contribution in [1.29, 1.82) is 0 Å². The van der Waals surface area contributed by atoms with E-state index in [0.717, 1.165) is 11.1 Å². The third-order valence-electron chi connectivity index (χ3n) is 2.40. The Balaban J connectivity index is 2.84. The first-order chi connectivity index (χ1) is 9.22. The number of rotatable bonds is 5. The standard InChI is InChI=1S/C15H18O4/c1-4-19-14(16)11-7-9-12-8-5-6-10-13(12)15(17-2)18-3/h5-6,8,10,15H,4,11H2,1-3H3. The lowest BCUT2D eigenvalue weighted by Crippen LogP contribution is -2.05. The largest absolute Gasteiger partial charge is 0.465 e. The Morgan fingerprint density at radius 3 is 2.58 bits per heavy atom. The predicted octanol–water partition coefficient (Wildman–Crippen LogP) is 2.28. The van der Waals surface area contributed by atoms with E-state index >= 15 is 0 Å². The zero-order valence-corrected chi connectivity index (χ0v) is 11.4. The molecule has 1 aromatic rings. The zero-order chi connectivity index (χ0) is 14.1. The minimum atomic E-state index is -0.465. The Morgan fingerprint density at radius 2 is 1.95 bits per heavy atom. The number of hydrogen-bond donors (Lipinski definition) is 0. The van der Waals surface area contributed by atoms with Crippen LogP contribution in [-0.2, 0) is 19.0 Å². The molecule has 102 valence electrons. The van der Waals surface area contributed by atoms with Crippen molar-refractivity contribution in [1.82, 2.24) is 0 Å². The number of methoxy groups -OCH3 is 2. The van der Waals surface area contributed by atoms with Gasteiger partial charge in [0.05, 0.1) is 6.61 Å². The molecular formula is C15H18O4. The van der Waals surface area contributed by atoms with Crippen LogP contribution in [0.15, 0.2) is 24.3 Å². The molecule has 1 rings (SSSR count). The molecule has 0 aliphatic rings. The molecule has 0 saturated heterocycles. The molecule has 0 radical (unpaired) electrons. The van der Waals surface area contributed by atoms with Crippen LogP contribution in [-0.4, -0.2) is 26.8 Å². The van der Waals surface area contributed by atoms with Crippen molar-refractivity contribution >= 4 is 5.97 Å². The third kappa shape index (κ3) is 4.74. The van der Waals surface area contributed by atoms with Gasteiger partial charge in [-0.2, -0.15) is 0 Å². The highest BCUT2D eigenvalue weighted by Gasteiger charge is 2.11. The van der Waals surface area contributed by atoms with E-state index in [1.54, 1.807) is 21.1 Å². The average molecular weight is 262 g/mol. The van der Waals surface area contributed by atoms with Gasteiger partial charge in [0.25, 0.3) is 0 Å². The molecule has 0 saturated carbocycles. The summed E-state index contributed by atoms with van der Waals surface area (Å²) >= 11 is 0. The van der Waals surface area contributed by atoms with Crippen molar-refractivity contribution in [3.63, 3.8) is 0 Å². The SMILES string of the molecule is CCOC(=O)CC#Cc1ccccc1C(OC)OC. The van der Waals surface area contributed by atoms with Crippen LogP contribution in [0.1, 0.15) is 30.8 Å². The average Bonchev–Trinajstić information content (AvgIpc) is 2.42. The summed E-state index contributed by atoms with van der Waals surface area (Å²) in [4.78, 5) is 11.2. The van der Waals surface area contributed by atoms with E-state index in [0.29, 0.717) is 6.61 Å². The highest BCUT2D eigenvalue weighted by atomic mass is 16.7. The fourth-order valence-corrected chi connectivity index (χ4v) is 1.59. The molecule has 0 amide bonds. The second kappa shape index (κ2) is 8.30. The van der Waals surface area contributed by atoms with Gasteiger partial charge in [0.2, 0.25) is 0 Å². The van der Waals surface area contributed by atoms with Crippen LogP contribution >= 0.6 is 0 Å². The summed E-state index contributed by atoms with van der Waals surface area (Å²) in [5, 5.41) is 0. The first kappa shape index (κ1) is 15.2. The fourth-order valence-electron chi connectivity index (χ4n) is 1.59. The van der Waals surface area contributed by atoms with E-state index in [2.05, 4.69) is 11.8 Å². The monoisotopic (exact) mass is 262 g/mol. The van der Waals surface area contributed by atoms with Crippen molar-refractivity contribution in [2.75, 3.05) is 20.8 Å². The van der Waals surface area contributed by atoms with Crippen molar-refractivity contribution in [2.45, 2.75) is 19.6 Å². The molecular weight excluding hydrogens is 244 g/mol. The number of ether oxygens (including phenoxy) is 3. The first-order valence-electron chi connectivity index (χ1n) is 6.02. The van der Waals surface area contributed by atoms with Crippen LogP contribution in [0.5, 0.6) is 0 Å². The summed E-state index contributed by atoms with van der Waals surface area (Å²) in [7, 11) is 3.13. The Hall–Kier alpha value is -1.83. The van der Waals surface area contributed by atoms with E-state index in [9.17, 15) is 4.79 Å². The van der Waals surface area contributed by atoms with Gasteiger partial charge < -0.3 is 14.2 Å². The number of esters is 1. The fraction of sp³-hybridized carbons (Fsp3) is 0.400. The van der Waals surface area contributed by atoms with E-state index < -0.39 is 6.29 Å². The topological polar surface area (TPSA) is 44.8 Å². The lowest BCUT2D eigenvalue weighted by atomic mass is 10.1. The molecule has 0 unspecified atom stereocenters. The van der Waals surface area contributed by atoms with Crippen molar-refractivity contribution in [3.8, 4) is 11.8 Å². The van der Waals surface area contributed by atoms with Gasteiger partial charge in [-0.05, 0) is 13.0 Å². The lowest BCUT2D eigenvalue weighted by molar-refractivity contribution is -0.141. The number of carbonyl (C=O) groups excluding carboxylic acids is 1. The van der Waals surface area contributed by atoms with Gasteiger partial charge in [0, 0.05) is 25.3 Å². The minimum Gasteiger partial charge on any atom is -0.465 e. The van der Waals surface area contributed by atoms with Gasteiger partial charge in [-0.15, -0.1) is 0 Å². The molecule has 0 aliphatic heterocycles. The zero-order valence-electron chi connectivity index (χ0n) is 11.4. The minimum absolute atomic E-state index is 0.0762. The lowest BCUT2D eigenvalue weighted by Gasteiger charge is -2.15. The quantitative estimate of drug-likeness (QED) is 0.464. The maximum atomic E-state index is 11.2. The Labute approximate surface area is 113 Å². The molecule has 4 nitrogen and oxygen atoms in total. The maximum Gasteiger partial charge on any atom is 0.317 e. The smallest absolute Gasteiger partial charge is 0.317 e. The molecule has 4 heteroatoms. The van der Waals surface area contributed by atoms with E-state index in [1.807, 2.05) is 24.3 Å². The van der Waals surface area contributed by atoms with Gasteiger partial charge in [0.15, 0.2) is 6.29 Å². The highest BCUT2D eigenvalue weighted by Crippen LogP contribution is 2.20. The van der Waals surface area contributed by atoms with Crippen LogP contribution < -0.4 is 0 Å². The van der Waals surface area contributed by atoms with Crippen LogP contribution in [0.25, 0.3) is 0 Å². The Morgan fingerprint density at radius 1 is 1.26 bits per heavy atom. The first-order valence-corrected chi connectivity index (χ1v) is 6.02. The van der Waals surface area contributed by atoms with Gasteiger partial charge in [-0.1, -0.05) is 30.0 Å². The summed E-state index contributed by atoms with van der Waals surface area (Å²) in [5.74, 6) is 5.42. The summed E-state index contributed by atoms with van der Waals surface area (Å²) < 4.78 is 15.2. The van der Waals surface area contributed by atoms with Gasteiger partial charge in [-0.3, -0.25) is 4.79 Å². The Kier molecular flexibility index (Phi) is 6.65. The summed E-state index contributed by atoms with van der Waals surface area (Å²) in [6.45, 7) is 2.13. The molecule has 0 spiro atoms. The molecule has 0 fully saturated rings. The van der Waals surface area contributed by atoms with Crippen LogP contribution in [0.3, 0.4) is 0 Å². The highest BCUT2D eigenvalue weighted by molar-refractivity contribution is 5.72. The molecule has 19 heavy (non-hydrogen) atoms. The molecule has 0 bridgehead atoms. The molecule has 1 aromatic carbocycles. The summed E-state index contributed by atoms with van der Waals surface area (Å²) in [6, 6.07) is 7.50. The second-order valence-corrected chi connectivity index (χ2v) is 3.67. The summed E-state index contributed by atoms with van der Waals surface area (Å²) in [5.41, 5.74) is 1.62. The van der Waals surface area contributed by atoms with E-state index in [4.69, 9.17) is 14.2 Å². The molecule has 0 atom stereocenters. The Bertz CT molecular complexity index is 467. The second-order valence-electron chi connectivity index (χ2n) is 3.67. The van der Waals surface area contributed by atoms with Crippen LogP contribution in [0.2, 0.25) is 0 Å². The van der Waals surface area contributed by atoms with Gasteiger partial charge in [-0.25, -0.2) is 0 Å². The van der Waals surface area contributed by atoms with Gasteiger partial charge in [0.1, 0.15) is 6.42 Å². The molecule has 0 N–H and O–H groups in total. The summed E-state index contributed by atoms with van der Waals surface area (Å²) in [6.07, 6.45) is -0.389. The third-order valence-corrected chi connectivity index (χ3v) is 2.40. The number of benzene rings is 1. The van der Waals surface area contributed by atoms with Gasteiger partial charge >= 0.3 is 5.97 Å². The van der Waals surface area contributed by atoms with Crippen molar-refractivity contribution in [2.24, 2.45) is 0 Å². The molecule has 0 heterocycles. The maximum absolute atomic E-state index is 11.2. The van der Waals surface area contributed by atoms with E-state index in [1.165, 1.54) is 0 Å². The number of carbonyl (C=O) groups is 1. The van der Waals surface area contributed by atoms with Crippen LogP contribution in [0.4, 0.5) is 0 Å². The number of hydrogen-bond acceptors (Lipinski definition) is 4. The van der Waals surface area contributed by atoms with Crippen molar-refractivity contribution in [3.05, 3.63) is 35.4 Å². The van der Waals surface area contributed by atoms with Crippen molar-refractivity contribution < 1.29 is 19.0 Å². The molecule has 0 aromatic heterocycles. The van der Waals surface area contributed by atoms with Crippen LogP contribution in [0, 0.1) is 11.8 Å².